The molecule has 0 aromatic heterocycles. The minimum atomic E-state index is -2.98. The molecule has 7 heteroatoms. The van der Waals surface area contributed by atoms with Crippen molar-refractivity contribution in [2.24, 2.45) is 0 Å². The minimum Gasteiger partial charge on any atom is -0.480 e. The quantitative estimate of drug-likeness (QED) is 0.842. The summed E-state index contributed by atoms with van der Waals surface area (Å²) in [4.78, 5) is 23.1. The van der Waals surface area contributed by atoms with Crippen LogP contribution in [0.4, 0.5) is 8.78 Å². The lowest BCUT2D eigenvalue weighted by Gasteiger charge is -2.38. The zero-order valence-corrected chi connectivity index (χ0v) is 11.1. The number of para-hydroxylation sites is 1. The number of carbonyl (C=O) groups is 2. The normalized spacial score (nSPS) is 16.1. The Kier molecular flexibility index (Phi) is 4.40. The van der Waals surface area contributed by atoms with Crippen LogP contribution in [0.5, 0.6) is 5.75 Å². The number of ether oxygens (including phenoxy) is 1. The summed E-state index contributed by atoms with van der Waals surface area (Å²) in [5, 5.41) is 11.6. The number of hydrogen-bond acceptors (Lipinski definition) is 3. The standard InChI is InChI=1S/C14H15F2NO4/c15-13(16)21-10-5-2-1-4-9(10)8-11(18)17-14(12(19)20)6-3-7-14/h1-2,4-5,13H,3,6-8H2,(H,17,18)(H,19,20). The topological polar surface area (TPSA) is 75.6 Å². The van der Waals surface area contributed by atoms with Crippen LogP contribution in [-0.2, 0) is 16.0 Å². The second kappa shape index (κ2) is 6.07. The first-order valence-electron chi connectivity index (χ1n) is 6.50. The largest absolute Gasteiger partial charge is 0.480 e. The van der Waals surface area contributed by atoms with Crippen LogP contribution in [0.25, 0.3) is 0 Å². The van der Waals surface area contributed by atoms with Gasteiger partial charge in [0.1, 0.15) is 11.3 Å². The predicted molar refractivity (Wildman–Crippen MR) is 69.1 cm³/mol. The van der Waals surface area contributed by atoms with E-state index in [0.29, 0.717) is 12.8 Å². The molecular weight excluding hydrogens is 284 g/mol. The average Bonchev–Trinajstić information content (AvgIpc) is 2.35. The van der Waals surface area contributed by atoms with Gasteiger partial charge in [0.2, 0.25) is 5.91 Å². The Balaban J connectivity index is 2.04. The Morgan fingerprint density at radius 2 is 2.00 bits per heavy atom. The van der Waals surface area contributed by atoms with Crippen LogP contribution in [-0.4, -0.2) is 29.1 Å². The molecule has 0 unspecified atom stereocenters. The molecule has 21 heavy (non-hydrogen) atoms. The van der Waals surface area contributed by atoms with Crippen LogP contribution in [0, 0.1) is 0 Å². The molecule has 1 aromatic rings. The number of hydrogen-bond donors (Lipinski definition) is 2. The highest BCUT2D eigenvalue weighted by Gasteiger charge is 2.45. The first kappa shape index (κ1) is 15.2. The molecule has 1 fully saturated rings. The van der Waals surface area contributed by atoms with Gasteiger partial charge in [-0.05, 0) is 25.3 Å². The van der Waals surface area contributed by atoms with Gasteiger partial charge >= 0.3 is 12.6 Å². The lowest BCUT2D eigenvalue weighted by molar-refractivity contribution is -0.151. The molecule has 0 bridgehead atoms. The van der Waals surface area contributed by atoms with Gasteiger partial charge in [-0.2, -0.15) is 8.78 Å². The number of alkyl halides is 2. The summed E-state index contributed by atoms with van der Waals surface area (Å²) < 4.78 is 28.9. The van der Waals surface area contributed by atoms with Gasteiger partial charge in [-0.1, -0.05) is 18.2 Å². The van der Waals surface area contributed by atoms with Gasteiger partial charge in [-0.15, -0.1) is 0 Å². The summed E-state index contributed by atoms with van der Waals surface area (Å²) in [6.45, 7) is -2.98. The molecule has 114 valence electrons. The molecule has 1 aliphatic rings. The van der Waals surface area contributed by atoms with Crippen LogP contribution < -0.4 is 10.1 Å². The van der Waals surface area contributed by atoms with Gasteiger partial charge in [0.25, 0.3) is 0 Å². The van der Waals surface area contributed by atoms with E-state index in [1.54, 1.807) is 6.07 Å². The van der Waals surface area contributed by atoms with Crippen molar-refractivity contribution in [1.82, 2.24) is 5.32 Å². The van der Waals surface area contributed by atoms with Crippen LogP contribution >= 0.6 is 0 Å². The number of amides is 1. The van der Waals surface area contributed by atoms with E-state index in [0.717, 1.165) is 6.42 Å². The van der Waals surface area contributed by atoms with E-state index in [4.69, 9.17) is 5.11 Å². The minimum absolute atomic E-state index is 0.0827. The van der Waals surface area contributed by atoms with Crippen molar-refractivity contribution in [3.05, 3.63) is 29.8 Å². The second-order valence-electron chi connectivity index (χ2n) is 4.95. The number of carboxylic acid groups (broad SMARTS) is 1. The number of carbonyl (C=O) groups excluding carboxylic acids is 1. The van der Waals surface area contributed by atoms with Gasteiger partial charge in [-0.25, -0.2) is 4.79 Å². The Morgan fingerprint density at radius 1 is 1.33 bits per heavy atom. The lowest BCUT2D eigenvalue weighted by Crippen LogP contribution is -2.59. The van der Waals surface area contributed by atoms with Crippen molar-refractivity contribution >= 4 is 11.9 Å². The van der Waals surface area contributed by atoms with Gasteiger partial charge in [0.05, 0.1) is 6.42 Å². The number of rotatable bonds is 6. The maximum Gasteiger partial charge on any atom is 0.387 e. The van der Waals surface area contributed by atoms with Crippen molar-refractivity contribution in [2.45, 2.75) is 37.8 Å². The highest BCUT2D eigenvalue weighted by atomic mass is 19.3. The molecule has 0 saturated heterocycles. The molecule has 2 N–H and O–H groups in total. The lowest BCUT2D eigenvalue weighted by atomic mass is 9.76. The maximum atomic E-state index is 12.3. The molecule has 1 amide bonds. The third-order valence-electron chi connectivity index (χ3n) is 3.53. The fraction of sp³-hybridized carbons (Fsp3) is 0.429. The molecule has 1 aromatic carbocycles. The van der Waals surface area contributed by atoms with Gasteiger partial charge in [0.15, 0.2) is 0 Å². The van der Waals surface area contributed by atoms with E-state index in [-0.39, 0.29) is 17.7 Å². The molecule has 2 rings (SSSR count). The molecule has 0 spiro atoms. The highest BCUT2D eigenvalue weighted by Crippen LogP contribution is 2.32. The molecule has 1 saturated carbocycles. The van der Waals surface area contributed by atoms with Crippen LogP contribution in [0.3, 0.4) is 0 Å². The number of benzene rings is 1. The number of nitrogens with one attached hydrogen (secondary N) is 1. The zero-order chi connectivity index (χ0) is 15.5. The van der Waals surface area contributed by atoms with E-state index >= 15 is 0 Å². The monoisotopic (exact) mass is 299 g/mol. The molecular formula is C14H15F2NO4. The fourth-order valence-corrected chi connectivity index (χ4v) is 2.27. The summed E-state index contributed by atoms with van der Waals surface area (Å²) in [6.07, 6.45) is 1.28. The average molecular weight is 299 g/mol. The second-order valence-corrected chi connectivity index (χ2v) is 4.95. The van der Waals surface area contributed by atoms with E-state index in [2.05, 4.69) is 10.1 Å². The van der Waals surface area contributed by atoms with Crippen molar-refractivity contribution in [3.63, 3.8) is 0 Å². The number of halogens is 2. The van der Waals surface area contributed by atoms with Crippen LogP contribution in [0.1, 0.15) is 24.8 Å². The van der Waals surface area contributed by atoms with Gasteiger partial charge < -0.3 is 15.2 Å². The Hall–Kier alpha value is -2.18. The summed E-state index contributed by atoms with van der Waals surface area (Å²) in [5.41, 5.74) is -0.926. The van der Waals surface area contributed by atoms with E-state index in [1.807, 2.05) is 0 Å². The molecule has 0 heterocycles. The number of carboxylic acids is 1. The molecule has 0 atom stereocenters. The summed E-state index contributed by atoms with van der Waals surface area (Å²) in [7, 11) is 0. The van der Waals surface area contributed by atoms with Gasteiger partial charge in [0, 0.05) is 5.56 Å². The maximum absolute atomic E-state index is 12.3. The Labute approximate surface area is 119 Å². The van der Waals surface area contributed by atoms with Crippen molar-refractivity contribution < 1.29 is 28.2 Å². The molecule has 1 aliphatic carbocycles. The number of aliphatic carboxylic acids is 1. The zero-order valence-electron chi connectivity index (χ0n) is 11.1. The van der Waals surface area contributed by atoms with Crippen molar-refractivity contribution in [2.75, 3.05) is 0 Å². The first-order chi connectivity index (χ1) is 9.93. The fourth-order valence-electron chi connectivity index (χ4n) is 2.27. The van der Waals surface area contributed by atoms with Gasteiger partial charge in [-0.3, -0.25) is 4.79 Å². The molecule has 5 nitrogen and oxygen atoms in total. The smallest absolute Gasteiger partial charge is 0.387 e. The molecule has 0 aliphatic heterocycles. The highest BCUT2D eigenvalue weighted by molar-refractivity contribution is 5.89. The summed E-state index contributed by atoms with van der Waals surface area (Å²) in [5.74, 6) is -1.68. The Morgan fingerprint density at radius 3 is 2.52 bits per heavy atom. The van der Waals surface area contributed by atoms with E-state index < -0.39 is 24.0 Å². The van der Waals surface area contributed by atoms with Crippen LogP contribution in [0.15, 0.2) is 24.3 Å². The third-order valence-corrected chi connectivity index (χ3v) is 3.53. The van der Waals surface area contributed by atoms with E-state index in [9.17, 15) is 18.4 Å². The van der Waals surface area contributed by atoms with Crippen molar-refractivity contribution in [3.8, 4) is 5.75 Å². The van der Waals surface area contributed by atoms with Crippen molar-refractivity contribution in [1.29, 1.82) is 0 Å². The summed E-state index contributed by atoms with van der Waals surface area (Å²) >= 11 is 0. The first-order valence-corrected chi connectivity index (χ1v) is 6.50. The summed E-state index contributed by atoms with van der Waals surface area (Å²) in [6, 6.07) is 5.94. The Bertz CT molecular complexity index is 544. The van der Waals surface area contributed by atoms with Crippen LogP contribution in [0.2, 0.25) is 0 Å². The molecule has 0 radical (unpaired) electrons. The SMILES string of the molecule is O=C(Cc1ccccc1OC(F)F)NC1(C(=O)O)CCC1. The third kappa shape index (κ3) is 3.48. The predicted octanol–water partition coefficient (Wildman–Crippen LogP) is 1.95. The van der Waals surface area contributed by atoms with E-state index in [1.165, 1.54) is 18.2 Å².